The molecule has 1 saturated heterocycles. The lowest BCUT2D eigenvalue weighted by Crippen LogP contribution is -2.44. The molecule has 8 N–H and O–H groups in total. The van der Waals surface area contributed by atoms with Gasteiger partial charge in [-0.15, -0.1) is 0 Å². The molecule has 1 fully saturated rings. The minimum absolute atomic E-state index is 0.0349. The number of aliphatic hydroxyl groups is 3. The molecule has 4 heterocycles. The average molecular weight is 363 g/mol. The molecule has 4 rings (SSSR count). The van der Waals surface area contributed by atoms with E-state index in [1.807, 2.05) is 0 Å². The van der Waals surface area contributed by atoms with Gasteiger partial charge in [0.15, 0.2) is 11.9 Å². The summed E-state index contributed by atoms with van der Waals surface area (Å²) in [5, 5.41) is 30.8. The maximum Gasteiger partial charge on any atom is 0.262 e. The van der Waals surface area contributed by atoms with Crippen LogP contribution in [0.15, 0.2) is 11.1 Å². The summed E-state index contributed by atoms with van der Waals surface area (Å²) in [6, 6.07) is 0. The van der Waals surface area contributed by atoms with Crippen LogP contribution in [-0.2, 0) is 4.74 Å². The monoisotopic (exact) mass is 363 g/mol. The zero-order chi connectivity index (χ0) is 18.8. The van der Waals surface area contributed by atoms with Crippen molar-refractivity contribution in [2.75, 3.05) is 18.1 Å². The number of aromatic nitrogens is 5. The van der Waals surface area contributed by atoms with Crippen molar-refractivity contribution in [3.8, 4) is 0 Å². The van der Waals surface area contributed by atoms with Crippen LogP contribution in [0.1, 0.15) is 13.2 Å². The average Bonchev–Trinajstić information content (AvgIpc) is 3.01. The molecule has 3 aromatic heterocycles. The van der Waals surface area contributed by atoms with E-state index in [0.29, 0.717) is 0 Å². The van der Waals surface area contributed by atoms with Crippen molar-refractivity contribution in [1.82, 2.24) is 24.5 Å². The highest BCUT2D eigenvalue weighted by Gasteiger charge is 2.53. The summed E-state index contributed by atoms with van der Waals surface area (Å²) in [6.45, 7) is 0.828. The van der Waals surface area contributed by atoms with Crippen LogP contribution in [0.3, 0.4) is 0 Å². The van der Waals surface area contributed by atoms with Gasteiger partial charge in [0.25, 0.3) is 5.56 Å². The van der Waals surface area contributed by atoms with Gasteiger partial charge >= 0.3 is 0 Å². The Morgan fingerprint density at radius 2 is 2.08 bits per heavy atom. The molecule has 0 bridgehead atoms. The largest absolute Gasteiger partial charge is 0.394 e. The number of fused-ring (bicyclic) bond motifs is 3. The fourth-order valence-corrected chi connectivity index (χ4v) is 3.38. The highest BCUT2D eigenvalue weighted by molar-refractivity contribution is 6.09. The second kappa shape index (κ2) is 5.35. The highest BCUT2D eigenvalue weighted by atomic mass is 16.6. The Hall–Kier alpha value is -2.80. The van der Waals surface area contributed by atoms with Gasteiger partial charge in [0.2, 0.25) is 5.95 Å². The van der Waals surface area contributed by atoms with E-state index in [1.165, 1.54) is 17.8 Å². The van der Waals surface area contributed by atoms with Gasteiger partial charge in [0.1, 0.15) is 35.6 Å². The normalized spacial score (nSPS) is 29.0. The third-order valence-corrected chi connectivity index (χ3v) is 4.65. The van der Waals surface area contributed by atoms with E-state index in [1.54, 1.807) is 0 Å². The Labute approximate surface area is 145 Å². The Kier molecular flexibility index (Phi) is 3.43. The van der Waals surface area contributed by atoms with Crippen LogP contribution in [0.2, 0.25) is 0 Å². The molecule has 138 valence electrons. The summed E-state index contributed by atoms with van der Waals surface area (Å²) in [7, 11) is 0. The number of ether oxygens (including phenoxy) is 1. The molecule has 0 aromatic carbocycles. The van der Waals surface area contributed by atoms with Crippen LogP contribution in [0.5, 0.6) is 0 Å². The van der Waals surface area contributed by atoms with Gasteiger partial charge in [-0.1, -0.05) is 0 Å². The molecule has 4 atom stereocenters. The topological polar surface area (TPSA) is 198 Å². The number of rotatable bonds is 2. The number of hydrogen-bond acceptors (Lipinski definition) is 10. The third kappa shape index (κ3) is 2.03. The Morgan fingerprint density at radius 1 is 1.35 bits per heavy atom. The Balaban J connectivity index is 2.13. The van der Waals surface area contributed by atoms with Gasteiger partial charge in [0, 0.05) is 0 Å². The molecule has 0 amide bonds. The van der Waals surface area contributed by atoms with Crippen LogP contribution < -0.4 is 17.0 Å². The molecule has 12 nitrogen and oxygen atoms in total. The number of nitrogens with two attached hydrogens (primary N) is 2. The first-order chi connectivity index (χ1) is 12.3. The van der Waals surface area contributed by atoms with Crippen LogP contribution in [-0.4, -0.2) is 64.2 Å². The molecule has 1 aliphatic rings. The van der Waals surface area contributed by atoms with Crippen LogP contribution in [0, 0.1) is 0 Å². The summed E-state index contributed by atoms with van der Waals surface area (Å²) >= 11 is 0. The summed E-state index contributed by atoms with van der Waals surface area (Å²) in [6.07, 6.45) is -2.45. The summed E-state index contributed by atoms with van der Waals surface area (Å²) in [4.78, 5) is 27.0. The second-order valence-electron chi connectivity index (χ2n) is 6.36. The predicted molar refractivity (Wildman–Crippen MR) is 89.9 cm³/mol. The van der Waals surface area contributed by atoms with Crippen LogP contribution in [0.25, 0.3) is 22.1 Å². The molecule has 1 aliphatic heterocycles. The first kappa shape index (κ1) is 16.7. The fraction of sp³-hybridized carbons (Fsp3) is 0.429. The zero-order valence-corrected chi connectivity index (χ0v) is 13.6. The second-order valence-corrected chi connectivity index (χ2v) is 6.36. The van der Waals surface area contributed by atoms with Gasteiger partial charge in [-0.25, -0.2) is 9.97 Å². The van der Waals surface area contributed by atoms with Gasteiger partial charge in [-0.3, -0.25) is 14.3 Å². The Morgan fingerprint density at radius 3 is 2.73 bits per heavy atom. The van der Waals surface area contributed by atoms with E-state index in [4.69, 9.17) is 16.2 Å². The summed E-state index contributed by atoms with van der Waals surface area (Å²) in [5.41, 5.74) is 9.44. The first-order valence-electron chi connectivity index (χ1n) is 7.74. The maximum atomic E-state index is 12.4. The van der Waals surface area contributed by atoms with Gasteiger partial charge in [0.05, 0.1) is 17.4 Å². The van der Waals surface area contributed by atoms with Gasteiger partial charge in [-0.2, -0.15) is 4.98 Å². The van der Waals surface area contributed by atoms with E-state index < -0.39 is 36.2 Å². The molecule has 0 saturated carbocycles. The highest BCUT2D eigenvalue weighted by Crippen LogP contribution is 2.42. The molecule has 0 spiro atoms. The smallest absolute Gasteiger partial charge is 0.262 e. The van der Waals surface area contributed by atoms with Crippen LogP contribution >= 0.6 is 0 Å². The van der Waals surface area contributed by atoms with Crippen molar-refractivity contribution in [3.05, 3.63) is 16.7 Å². The van der Waals surface area contributed by atoms with E-state index in [9.17, 15) is 20.1 Å². The lowest BCUT2D eigenvalue weighted by molar-refractivity contribution is -0.0932. The van der Waals surface area contributed by atoms with Crippen molar-refractivity contribution >= 4 is 33.8 Å². The third-order valence-electron chi connectivity index (χ3n) is 4.65. The predicted octanol–water partition coefficient (Wildman–Crippen LogP) is -2.17. The number of aromatic amines is 1. The molecular weight excluding hydrogens is 346 g/mol. The number of nitrogens with zero attached hydrogens (tertiary/aromatic N) is 4. The summed E-state index contributed by atoms with van der Waals surface area (Å²) in [5.74, 6) is -0.122. The molecule has 0 unspecified atom stereocenters. The Bertz CT molecular complexity index is 1070. The van der Waals surface area contributed by atoms with Crippen molar-refractivity contribution < 1.29 is 20.1 Å². The van der Waals surface area contributed by atoms with Gasteiger partial charge in [-0.05, 0) is 6.92 Å². The zero-order valence-electron chi connectivity index (χ0n) is 13.6. The van der Waals surface area contributed by atoms with Crippen molar-refractivity contribution in [3.63, 3.8) is 0 Å². The quantitative estimate of drug-likeness (QED) is 0.291. The van der Waals surface area contributed by atoms with Crippen molar-refractivity contribution in [1.29, 1.82) is 0 Å². The lowest BCUT2D eigenvalue weighted by atomic mass is 9.96. The lowest BCUT2D eigenvalue weighted by Gasteiger charge is -2.27. The fourth-order valence-electron chi connectivity index (χ4n) is 3.38. The van der Waals surface area contributed by atoms with Crippen molar-refractivity contribution in [2.45, 2.75) is 31.0 Å². The molecule has 0 aliphatic carbocycles. The van der Waals surface area contributed by atoms with Gasteiger partial charge < -0.3 is 31.5 Å². The SMILES string of the molecule is C[C@@]1(O)[C@H](O)[C@@H](CO)O[C@H]1n1c2ncnc(N)c2c2c(=O)[nH]c(N)nc21. The molecule has 3 aromatic rings. The molecule has 12 heteroatoms. The minimum Gasteiger partial charge on any atom is -0.394 e. The number of nitrogen functional groups attached to an aromatic ring is 2. The van der Waals surface area contributed by atoms with Crippen LogP contribution in [0.4, 0.5) is 11.8 Å². The number of H-pyrrole nitrogens is 1. The van der Waals surface area contributed by atoms with Crippen molar-refractivity contribution in [2.24, 2.45) is 0 Å². The van der Waals surface area contributed by atoms with E-state index in [0.717, 1.165) is 0 Å². The minimum atomic E-state index is -1.81. The molecular formula is C14H17N7O5. The molecule has 0 radical (unpaired) electrons. The standard InChI is InChI=1S/C14H17N7O5/c1-14(25)7(23)4(2-22)26-12(14)21-9-5(8(15)17-3-18-9)6-10(21)19-13(16)20-11(6)24/h3-4,7,12,22-23,25H,2H2,1H3,(H2,15,17,18)(H3,16,19,20,24)/t4-,7-,12-,14-/m1/s1. The van der Waals surface area contributed by atoms with E-state index in [-0.39, 0.29) is 33.8 Å². The van der Waals surface area contributed by atoms with E-state index >= 15 is 0 Å². The number of nitrogens with one attached hydrogen (secondary N) is 1. The maximum absolute atomic E-state index is 12.4. The number of aliphatic hydroxyl groups excluding tert-OH is 2. The summed E-state index contributed by atoms with van der Waals surface area (Å²) < 4.78 is 6.96. The number of anilines is 2. The first-order valence-corrected chi connectivity index (χ1v) is 7.74. The molecule has 26 heavy (non-hydrogen) atoms. The van der Waals surface area contributed by atoms with E-state index in [2.05, 4.69) is 19.9 Å². The number of hydrogen-bond donors (Lipinski definition) is 6.